The molecule has 0 radical (unpaired) electrons. The normalized spacial score (nSPS) is 25.8. The molecule has 2 heterocycles. The molecule has 0 aromatic heterocycles. The highest BCUT2D eigenvalue weighted by atomic mass is 32.3. The number of ketones is 1. The minimum absolute atomic E-state index is 0.179. The molecule has 26 heavy (non-hydrogen) atoms. The van der Waals surface area contributed by atoms with Crippen molar-refractivity contribution in [2.45, 2.75) is 31.8 Å². The minimum Gasteiger partial charge on any atom is -0.483 e. The van der Waals surface area contributed by atoms with Crippen molar-refractivity contribution < 1.29 is 18.6 Å². The maximum absolute atomic E-state index is 11.9. The van der Waals surface area contributed by atoms with Crippen LogP contribution in [0.5, 0.6) is 5.75 Å². The molecule has 1 aliphatic carbocycles. The predicted molar refractivity (Wildman–Crippen MR) is 103 cm³/mol. The van der Waals surface area contributed by atoms with Crippen molar-refractivity contribution in [1.29, 1.82) is 0 Å². The van der Waals surface area contributed by atoms with Gasteiger partial charge in [-0.25, -0.2) is 0 Å². The molecule has 2 aliphatic heterocycles. The molecular weight excluding hydrogens is 352 g/mol. The second kappa shape index (κ2) is 6.90. The fraction of sp³-hybridized carbons (Fsp3) is 0.368. The first-order chi connectivity index (χ1) is 12.5. The van der Waals surface area contributed by atoms with E-state index in [2.05, 4.69) is 4.40 Å². The molecule has 1 atom stereocenters. The maximum Gasteiger partial charge on any atom is 0.173 e. The van der Waals surface area contributed by atoms with Gasteiger partial charge >= 0.3 is 0 Å². The summed E-state index contributed by atoms with van der Waals surface area (Å²) in [5.41, 5.74) is 1.75. The second-order valence-electron chi connectivity index (χ2n) is 6.71. The summed E-state index contributed by atoms with van der Waals surface area (Å²) in [5.74, 6) is 1.68. The SMILES string of the molecule is O=C1CCCCC1Oc1ccc(C2=CC=CN3CCS(O)(O)N=C23)cc1. The van der Waals surface area contributed by atoms with Crippen molar-refractivity contribution in [2.75, 3.05) is 12.3 Å². The summed E-state index contributed by atoms with van der Waals surface area (Å²) in [4.78, 5) is 13.9. The molecule has 1 unspecified atom stereocenters. The number of carbonyl (C=O) groups is 1. The largest absolute Gasteiger partial charge is 0.483 e. The van der Waals surface area contributed by atoms with Gasteiger partial charge in [-0.1, -0.05) is 22.9 Å². The number of allylic oxidation sites excluding steroid dienone is 2. The summed E-state index contributed by atoms with van der Waals surface area (Å²) >= 11 is 0. The van der Waals surface area contributed by atoms with E-state index in [9.17, 15) is 13.9 Å². The van der Waals surface area contributed by atoms with Crippen LogP contribution in [-0.4, -0.2) is 44.0 Å². The number of rotatable bonds is 3. The van der Waals surface area contributed by atoms with Gasteiger partial charge in [0.25, 0.3) is 0 Å². The van der Waals surface area contributed by atoms with Crippen molar-refractivity contribution in [1.82, 2.24) is 4.90 Å². The number of fused-ring (bicyclic) bond motifs is 1. The molecule has 0 saturated heterocycles. The number of nitrogens with zero attached hydrogens (tertiary/aromatic N) is 2. The lowest BCUT2D eigenvalue weighted by molar-refractivity contribution is -0.127. The first-order valence-electron chi connectivity index (χ1n) is 8.83. The molecule has 3 aliphatic rings. The lowest BCUT2D eigenvalue weighted by Gasteiger charge is -2.38. The van der Waals surface area contributed by atoms with E-state index in [0.717, 1.165) is 30.4 Å². The average Bonchev–Trinajstić information content (AvgIpc) is 2.63. The number of ether oxygens (including phenoxy) is 1. The number of hydrogen-bond donors (Lipinski definition) is 2. The van der Waals surface area contributed by atoms with Gasteiger partial charge in [-0.2, -0.15) is 0 Å². The summed E-state index contributed by atoms with van der Waals surface area (Å²) in [7, 11) is -2.92. The molecule has 7 heteroatoms. The molecule has 6 nitrogen and oxygen atoms in total. The van der Waals surface area contributed by atoms with Crippen molar-refractivity contribution in [3.8, 4) is 5.75 Å². The molecule has 1 aromatic rings. The third-order valence-electron chi connectivity index (χ3n) is 4.82. The van der Waals surface area contributed by atoms with Crippen LogP contribution in [0.25, 0.3) is 5.57 Å². The molecule has 0 bridgehead atoms. The van der Waals surface area contributed by atoms with Gasteiger partial charge in [-0.05, 0) is 49.1 Å². The summed E-state index contributed by atoms with van der Waals surface area (Å²) in [6, 6.07) is 7.52. The predicted octanol–water partition coefficient (Wildman–Crippen LogP) is 3.87. The Morgan fingerprint density at radius 2 is 2.00 bits per heavy atom. The van der Waals surface area contributed by atoms with E-state index in [1.54, 1.807) is 0 Å². The molecule has 1 saturated carbocycles. The number of amidine groups is 1. The van der Waals surface area contributed by atoms with Crippen molar-refractivity contribution in [2.24, 2.45) is 4.40 Å². The first kappa shape index (κ1) is 17.3. The first-order valence-corrected chi connectivity index (χ1v) is 10.5. The van der Waals surface area contributed by atoms with Crippen LogP contribution in [0.15, 0.2) is 47.0 Å². The van der Waals surface area contributed by atoms with Gasteiger partial charge < -0.3 is 9.64 Å². The van der Waals surface area contributed by atoms with Crippen LogP contribution in [0.2, 0.25) is 0 Å². The van der Waals surface area contributed by atoms with E-state index in [4.69, 9.17) is 4.74 Å². The van der Waals surface area contributed by atoms with Crippen LogP contribution < -0.4 is 4.74 Å². The third kappa shape index (κ3) is 3.56. The van der Waals surface area contributed by atoms with E-state index < -0.39 is 10.8 Å². The van der Waals surface area contributed by atoms with Crippen LogP contribution in [0.1, 0.15) is 31.2 Å². The maximum atomic E-state index is 11.9. The highest BCUT2D eigenvalue weighted by molar-refractivity contribution is 8.23. The van der Waals surface area contributed by atoms with Gasteiger partial charge in [-0.15, -0.1) is 4.40 Å². The molecule has 138 valence electrons. The van der Waals surface area contributed by atoms with Crippen molar-refractivity contribution in [3.63, 3.8) is 0 Å². The second-order valence-corrected chi connectivity index (χ2v) is 8.56. The highest BCUT2D eigenvalue weighted by Crippen LogP contribution is 2.45. The smallest absolute Gasteiger partial charge is 0.173 e. The van der Waals surface area contributed by atoms with Gasteiger partial charge in [0, 0.05) is 24.7 Å². The van der Waals surface area contributed by atoms with Crippen LogP contribution in [0.4, 0.5) is 0 Å². The lowest BCUT2D eigenvalue weighted by atomic mass is 9.96. The Bertz CT molecular complexity index is 798. The Morgan fingerprint density at radius 3 is 2.77 bits per heavy atom. The standard InChI is InChI=1S/C19H22N2O4S/c22-17-5-1-2-6-18(17)25-15-9-7-14(8-10-15)16-4-3-11-21-12-13-26(23,24)20-19(16)21/h3-4,7-11,18,23-24H,1-2,5-6,12-13H2. The van der Waals surface area contributed by atoms with Crippen LogP contribution >= 0.6 is 10.8 Å². The monoisotopic (exact) mass is 374 g/mol. The van der Waals surface area contributed by atoms with Gasteiger partial charge in [0.2, 0.25) is 0 Å². The van der Waals surface area contributed by atoms with E-state index in [1.165, 1.54) is 0 Å². The number of Topliss-reactive ketones (excluding diaryl/α,β-unsaturated/α-hetero) is 1. The lowest BCUT2D eigenvalue weighted by Crippen LogP contribution is -2.36. The Balaban J connectivity index is 1.55. The molecule has 4 rings (SSSR count). The van der Waals surface area contributed by atoms with E-state index in [-0.39, 0.29) is 17.6 Å². The Kier molecular flexibility index (Phi) is 4.60. The quantitative estimate of drug-likeness (QED) is 0.839. The zero-order valence-corrected chi connectivity index (χ0v) is 15.2. The van der Waals surface area contributed by atoms with Gasteiger partial charge in [-0.3, -0.25) is 13.9 Å². The summed E-state index contributed by atoms with van der Waals surface area (Å²) in [6.07, 6.45) is 8.76. The molecule has 0 amide bonds. The number of hydrogen-bond acceptors (Lipinski definition) is 6. The van der Waals surface area contributed by atoms with E-state index in [1.807, 2.05) is 47.5 Å². The Hall–Kier alpha value is -2.09. The fourth-order valence-electron chi connectivity index (χ4n) is 3.41. The molecular formula is C19H22N2O4S. The topological polar surface area (TPSA) is 82.4 Å². The van der Waals surface area contributed by atoms with Gasteiger partial charge in [0.05, 0.1) is 5.75 Å². The summed E-state index contributed by atoms with van der Waals surface area (Å²) in [5, 5.41) is 0. The fourth-order valence-corrected chi connectivity index (χ4v) is 4.42. The van der Waals surface area contributed by atoms with Crippen molar-refractivity contribution in [3.05, 3.63) is 48.2 Å². The van der Waals surface area contributed by atoms with Crippen LogP contribution in [-0.2, 0) is 4.79 Å². The minimum atomic E-state index is -2.92. The zero-order valence-electron chi connectivity index (χ0n) is 14.4. The van der Waals surface area contributed by atoms with Crippen molar-refractivity contribution >= 4 is 28.0 Å². The van der Waals surface area contributed by atoms with Gasteiger partial charge in [0.15, 0.2) is 17.7 Å². The molecule has 0 spiro atoms. The Labute approximate surface area is 154 Å². The van der Waals surface area contributed by atoms with Crippen LogP contribution in [0, 0.1) is 0 Å². The van der Waals surface area contributed by atoms with E-state index in [0.29, 0.717) is 24.6 Å². The van der Waals surface area contributed by atoms with E-state index >= 15 is 0 Å². The number of benzene rings is 1. The zero-order chi connectivity index (χ0) is 18.1. The number of carbonyl (C=O) groups excluding carboxylic acids is 1. The summed E-state index contributed by atoms with van der Waals surface area (Å²) < 4.78 is 29.9. The highest BCUT2D eigenvalue weighted by Gasteiger charge is 2.28. The Morgan fingerprint density at radius 1 is 1.19 bits per heavy atom. The third-order valence-corrected chi connectivity index (χ3v) is 6.02. The molecule has 1 fully saturated rings. The summed E-state index contributed by atoms with van der Waals surface area (Å²) in [6.45, 7) is 0.528. The molecule has 2 N–H and O–H groups in total. The molecule has 1 aromatic carbocycles. The van der Waals surface area contributed by atoms with Gasteiger partial charge in [0.1, 0.15) is 5.75 Å². The van der Waals surface area contributed by atoms with Crippen LogP contribution in [0.3, 0.4) is 0 Å². The average molecular weight is 374 g/mol.